The number of carboxylic acids is 2. The third-order valence-corrected chi connectivity index (χ3v) is 5.98. The van der Waals surface area contributed by atoms with Crippen molar-refractivity contribution in [3.63, 3.8) is 0 Å². The molecular weight excluding hydrogens is 398 g/mol. The van der Waals surface area contributed by atoms with E-state index >= 15 is 0 Å². The molecule has 2 aromatic rings. The second-order valence-electron chi connectivity index (χ2n) is 8.29. The number of nitrogens with zero attached hydrogens (tertiary/aromatic N) is 3. The van der Waals surface area contributed by atoms with E-state index in [0.717, 1.165) is 25.9 Å². The van der Waals surface area contributed by atoms with Gasteiger partial charge in [-0.2, -0.15) is 5.10 Å². The predicted molar refractivity (Wildman–Crippen MR) is 115 cm³/mol. The van der Waals surface area contributed by atoms with Crippen LogP contribution in [0.25, 0.3) is 10.9 Å². The van der Waals surface area contributed by atoms with E-state index in [2.05, 4.69) is 51.8 Å². The lowest BCUT2D eigenvalue weighted by molar-refractivity contribution is -0.159. The Kier molecular flexibility index (Phi) is 7.66. The van der Waals surface area contributed by atoms with Gasteiger partial charge in [-0.25, -0.2) is 9.59 Å². The van der Waals surface area contributed by atoms with Gasteiger partial charge in [0.15, 0.2) is 0 Å². The Morgan fingerprint density at radius 2 is 1.84 bits per heavy atom. The first-order chi connectivity index (χ1) is 14.9. The number of aliphatic carboxylic acids is 2. The van der Waals surface area contributed by atoms with Crippen molar-refractivity contribution in [2.45, 2.75) is 57.3 Å². The largest absolute Gasteiger partial charge is 0.473 e. The van der Waals surface area contributed by atoms with Crippen LogP contribution in [0.1, 0.15) is 32.6 Å². The number of fused-ring (bicyclic) bond motifs is 3. The Bertz CT molecular complexity index is 924. The number of hydrogen-bond acceptors (Lipinski definition) is 5. The van der Waals surface area contributed by atoms with E-state index in [1.165, 1.54) is 23.7 Å². The predicted octanol–water partition coefficient (Wildman–Crippen LogP) is 2.47. The summed E-state index contributed by atoms with van der Waals surface area (Å²) in [7, 11) is 0. The van der Waals surface area contributed by atoms with Crippen LogP contribution in [0.4, 0.5) is 0 Å². The number of rotatable bonds is 6. The number of hydrogen-bond donors (Lipinski definition) is 2. The minimum atomic E-state index is -1.82. The molecule has 1 aromatic heterocycles. The van der Waals surface area contributed by atoms with Gasteiger partial charge in [-0.15, -0.1) is 6.42 Å². The zero-order valence-electron chi connectivity index (χ0n) is 17.7. The van der Waals surface area contributed by atoms with E-state index < -0.39 is 11.9 Å². The van der Waals surface area contributed by atoms with Crippen molar-refractivity contribution in [2.75, 3.05) is 13.2 Å². The van der Waals surface area contributed by atoms with Crippen molar-refractivity contribution >= 4 is 22.8 Å². The van der Waals surface area contributed by atoms with Gasteiger partial charge in [-0.1, -0.05) is 31.0 Å². The van der Waals surface area contributed by atoms with Gasteiger partial charge in [0, 0.05) is 30.6 Å². The highest BCUT2D eigenvalue weighted by Gasteiger charge is 2.41. The van der Waals surface area contributed by atoms with Crippen LogP contribution in [0.15, 0.2) is 30.5 Å². The molecule has 1 unspecified atom stereocenters. The second kappa shape index (κ2) is 10.4. The lowest BCUT2D eigenvalue weighted by atomic mass is 9.98. The van der Waals surface area contributed by atoms with Gasteiger partial charge < -0.3 is 14.9 Å². The first-order valence-electron chi connectivity index (χ1n) is 10.6. The van der Waals surface area contributed by atoms with Crippen molar-refractivity contribution in [1.82, 2.24) is 14.7 Å². The van der Waals surface area contributed by atoms with Gasteiger partial charge in [0.2, 0.25) is 0 Å². The molecule has 0 radical (unpaired) electrons. The zero-order chi connectivity index (χ0) is 22.4. The molecule has 0 aliphatic carbocycles. The van der Waals surface area contributed by atoms with Crippen LogP contribution in [0.5, 0.6) is 0 Å². The quantitative estimate of drug-likeness (QED) is 0.539. The molecule has 2 saturated heterocycles. The normalized spacial score (nSPS) is 23.5. The zero-order valence-corrected chi connectivity index (χ0v) is 17.7. The number of carboxylic acid groups (broad SMARTS) is 2. The average Bonchev–Trinajstić information content (AvgIpc) is 3.23. The minimum Gasteiger partial charge on any atom is -0.473 e. The summed E-state index contributed by atoms with van der Waals surface area (Å²) in [6.45, 7) is 4.91. The molecule has 2 aliphatic heterocycles. The van der Waals surface area contributed by atoms with Crippen LogP contribution in [0.2, 0.25) is 0 Å². The fraction of sp³-hybridized carbons (Fsp3) is 0.522. The fourth-order valence-electron chi connectivity index (χ4n) is 4.71. The third kappa shape index (κ3) is 5.84. The van der Waals surface area contributed by atoms with Crippen LogP contribution in [0.3, 0.4) is 0 Å². The molecule has 31 heavy (non-hydrogen) atoms. The summed E-state index contributed by atoms with van der Waals surface area (Å²) in [5.41, 5.74) is 1.23. The van der Waals surface area contributed by atoms with E-state index in [-0.39, 0.29) is 0 Å². The van der Waals surface area contributed by atoms with Crippen molar-refractivity contribution in [2.24, 2.45) is 5.92 Å². The van der Waals surface area contributed by atoms with Crippen LogP contribution in [-0.4, -0.2) is 68.2 Å². The molecule has 0 spiro atoms. The summed E-state index contributed by atoms with van der Waals surface area (Å²) < 4.78 is 7.98. The number of aromatic nitrogens is 2. The van der Waals surface area contributed by atoms with Gasteiger partial charge in [0.05, 0.1) is 17.8 Å². The molecule has 2 aliphatic rings. The van der Waals surface area contributed by atoms with E-state index in [4.69, 9.17) is 31.0 Å². The summed E-state index contributed by atoms with van der Waals surface area (Å²) in [4.78, 5) is 20.9. The van der Waals surface area contributed by atoms with Crippen LogP contribution in [-0.2, 0) is 20.9 Å². The van der Waals surface area contributed by atoms with E-state index in [1.54, 1.807) is 0 Å². The van der Waals surface area contributed by atoms with Gasteiger partial charge in [-0.3, -0.25) is 9.58 Å². The highest BCUT2D eigenvalue weighted by atomic mass is 16.5. The van der Waals surface area contributed by atoms with Crippen LogP contribution >= 0.6 is 0 Å². The average molecular weight is 428 g/mol. The maximum Gasteiger partial charge on any atom is 0.414 e. The molecule has 0 saturated carbocycles. The van der Waals surface area contributed by atoms with Gasteiger partial charge >= 0.3 is 11.9 Å². The van der Waals surface area contributed by atoms with Gasteiger partial charge in [0.25, 0.3) is 0 Å². The molecule has 4 rings (SSSR count). The molecule has 2 fully saturated rings. The van der Waals surface area contributed by atoms with Crippen molar-refractivity contribution in [3.05, 3.63) is 30.5 Å². The maximum absolute atomic E-state index is 9.10. The molecule has 1 aromatic carbocycles. The molecule has 8 nitrogen and oxygen atoms in total. The first kappa shape index (κ1) is 22.8. The molecule has 4 atom stereocenters. The number of para-hydroxylation sites is 1. The molecule has 0 amide bonds. The van der Waals surface area contributed by atoms with Crippen LogP contribution in [0, 0.1) is 18.3 Å². The molecule has 2 bridgehead atoms. The number of piperidine rings is 1. The summed E-state index contributed by atoms with van der Waals surface area (Å²) in [6.07, 6.45) is 12.5. The summed E-state index contributed by atoms with van der Waals surface area (Å²) in [6, 6.07) is 9.78. The lowest BCUT2D eigenvalue weighted by Crippen LogP contribution is -2.47. The molecule has 3 heterocycles. The minimum absolute atomic E-state index is 0.357. The summed E-state index contributed by atoms with van der Waals surface area (Å²) in [5, 5.41) is 20.6. The lowest BCUT2D eigenvalue weighted by Gasteiger charge is -2.40. The smallest absolute Gasteiger partial charge is 0.414 e. The van der Waals surface area contributed by atoms with Crippen molar-refractivity contribution in [1.29, 1.82) is 0 Å². The Balaban J connectivity index is 0.000000401. The summed E-state index contributed by atoms with van der Waals surface area (Å²) >= 11 is 0. The van der Waals surface area contributed by atoms with Gasteiger partial charge in [0.1, 0.15) is 6.61 Å². The van der Waals surface area contributed by atoms with Crippen molar-refractivity contribution < 1.29 is 24.5 Å². The number of benzene rings is 1. The standard InChI is InChI=1S/C21H27N3O.C2H2O4/c1-3-10-25-20-11-18-8-9-19(12-20)23(18)14-16(2)15-24-21-7-5-4-6-17(21)13-22-24;3-1(4)2(5)6/h1,4-7,13,16,18-20H,8-12,14-15H2,2H3;(H,3,4)(H,5,6)/t16-,18-,19+,20?;/m1./s1. The highest BCUT2D eigenvalue weighted by Crippen LogP contribution is 2.37. The van der Waals surface area contributed by atoms with Crippen molar-refractivity contribution in [3.8, 4) is 12.3 Å². The number of carbonyl (C=O) groups is 2. The Labute approximate surface area is 181 Å². The second-order valence-corrected chi connectivity index (χ2v) is 8.29. The topological polar surface area (TPSA) is 105 Å². The highest BCUT2D eigenvalue weighted by molar-refractivity contribution is 6.27. The fourth-order valence-corrected chi connectivity index (χ4v) is 4.71. The molecular formula is C23H29N3O5. The third-order valence-electron chi connectivity index (χ3n) is 5.98. The van der Waals surface area contributed by atoms with E-state index in [0.29, 0.717) is 30.7 Å². The Morgan fingerprint density at radius 1 is 1.19 bits per heavy atom. The monoisotopic (exact) mass is 427 g/mol. The van der Waals surface area contributed by atoms with Crippen LogP contribution < -0.4 is 0 Å². The van der Waals surface area contributed by atoms with E-state index in [9.17, 15) is 0 Å². The molecule has 2 N–H and O–H groups in total. The number of ether oxygens (including phenoxy) is 1. The number of terminal acetylenes is 1. The van der Waals surface area contributed by atoms with Gasteiger partial charge in [-0.05, 0) is 37.7 Å². The SMILES string of the molecule is C#CCOC1C[C@H]2CC[C@@H](C1)N2C[C@@H](C)Cn1ncc2ccccc21.O=C(O)C(=O)O. The Morgan fingerprint density at radius 3 is 2.45 bits per heavy atom. The van der Waals surface area contributed by atoms with E-state index in [1.807, 2.05) is 6.20 Å². The first-order valence-corrected chi connectivity index (χ1v) is 10.6. The summed E-state index contributed by atoms with van der Waals surface area (Å²) in [5.74, 6) is -0.468. The Hall–Kier alpha value is -2.89. The molecule has 166 valence electrons. The molecule has 8 heteroatoms. The maximum atomic E-state index is 9.10.